The van der Waals surface area contributed by atoms with Gasteiger partial charge in [0.1, 0.15) is 4.66 Å². The molecule has 1 fully saturated rings. The molecule has 4 aliphatic rings. The first kappa shape index (κ1) is 20.6. The smallest absolute Gasteiger partial charge is 0.283 e. The van der Waals surface area contributed by atoms with Gasteiger partial charge in [-0.2, -0.15) is 4.98 Å². The third-order valence-corrected chi connectivity index (χ3v) is 6.93. The number of aryl methyl sites for hydroxylation is 1. The quantitative estimate of drug-likeness (QED) is 0.617. The van der Waals surface area contributed by atoms with E-state index in [0.29, 0.717) is 5.13 Å². The van der Waals surface area contributed by atoms with Crippen molar-refractivity contribution in [1.29, 1.82) is 5.41 Å². The van der Waals surface area contributed by atoms with Crippen molar-refractivity contribution in [1.82, 2.24) is 19.3 Å². The van der Waals surface area contributed by atoms with Gasteiger partial charge in [0.2, 0.25) is 5.13 Å². The van der Waals surface area contributed by atoms with Crippen molar-refractivity contribution >= 4 is 28.8 Å². The van der Waals surface area contributed by atoms with E-state index in [1.807, 2.05) is 19.9 Å². The minimum absolute atomic E-state index is 0.0480. The number of ketones is 1. The zero-order chi connectivity index (χ0) is 22.4. The molecule has 1 atom stereocenters. The van der Waals surface area contributed by atoms with Crippen molar-refractivity contribution in [3.63, 3.8) is 0 Å². The van der Waals surface area contributed by atoms with E-state index in [1.54, 1.807) is 18.2 Å². The van der Waals surface area contributed by atoms with Crippen LogP contribution in [-0.4, -0.2) is 37.8 Å². The molecule has 1 saturated heterocycles. The number of hydrogen-bond donors (Lipinski definition) is 2. The molecule has 5 rings (SSSR count). The highest BCUT2D eigenvalue weighted by atomic mass is 32.1. The van der Waals surface area contributed by atoms with Crippen molar-refractivity contribution in [3.8, 4) is 5.13 Å². The minimum atomic E-state index is -0.435. The molecule has 9 heteroatoms. The van der Waals surface area contributed by atoms with E-state index in [1.165, 1.54) is 28.2 Å². The molecule has 0 amide bonds. The van der Waals surface area contributed by atoms with Gasteiger partial charge in [-0.15, -0.1) is 0 Å². The van der Waals surface area contributed by atoms with E-state index in [-0.39, 0.29) is 22.6 Å². The van der Waals surface area contributed by atoms with Crippen LogP contribution in [0.3, 0.4) is 0 Å². The van der Waals surface area contributed by atoms with Crippen molar-refractivity contribution in [2.24, 2.45) is 0 Å². The summed E-state index contributed by atoms with van der Waals surface area (Å²) in [5.41, 5.74) is 3.44. The van der Waals surface area contributed by atoms with E-state index < -0.39 is 5.56 Å². The lowest BCUT2D eigenvalue weighted by atomic mass is 10.1. The molecule has 1 aromatic rings. The summed E-state index contributed by atoms with van der Waals surface area (Å²) in [7, 11) is 0. The molecule has 0 aromatic carbocycles. The van der Waals surface area contributed by atoms with Crippen molar-refractivity contribution in [3.05, 3.63) is 73.0 Å². The lowest BCUT2D eigenvalue weighted by Gasteiger charge is -2.14. The topological polar surface area (TPSA) is 106 Å². The fourth-order valence-corrected chi connectivity index (χ4v) is 5.09. The number of carbonyl (C=O) groups excluding carboxylic acids is 1. The third-order valence-electron chi connectivity index (χ3n) is 5.94. The number of fused-ring (bicyclic) bond motifs is 1. The largest absolute Gasteiger partial charge is 0.376 e. The van der Waals surface area contributed by atoms with Crippen LogP contribution in [0, 0.1) is 19.3 Å². The number of rotatable bonds is 3. The van der Waals surface area contributed by atoms with E-state index in [9.17, 15) is 9.59 Å². The SMILES string of the molecule is Cc1cc(/C=c2\c(=O)nc3sc(=C4C=CC(=O)C=C4)[nH]n-3c2=N)c(C)n1C[C@@H]1CCCO1. The van der Waals surface area contributed by atoms with Crippen molar-refractivity contribution < 1.29 is 9.53 Å². The summed E-state index contributed by atoms with van der Waals surface area (Å²) < 4.78 is 10.2. The number of ether oxygens (including phenoxy) is 1. The predicted octanol–water partition coefficient (Wildman–Crippen LogP) is 0.811. The van der Waals surface area contributed by atoms with Crippen LogP contribution < -0.4 is 20.9 Å². The van der Waals surface area contributed by atoms with Gasteiger partial charge in [0.05, 0.1) is 11.3 Å². The molecule has 0 bridgehead atoms. The van der Waals surface area contributed by atoms with E-state index >= 15 is 0 Å². The van der Waals surface area contributed by atoms with Crippen LogP contribution in [0.25, 0.3) is 16.8 Å². The predicted molar refractivity (Wildman–Crippen MR) is 121 cm³/mol. The molecule has 4 heterocycles. The lowest BCUT2D eigenvalue weighted by molar-refractivity contribution is -0.110. The normalized spacial score (nSPS) is 19.1. The fourth-order valence-electron chi connectivity index (χ4n) is 4.16. The van der Waals surface area contributed by atoms with Gasteiger partial charge in [-0.1, -0.05) is 11.3 Å². The van der Waals surface area contributed by atoms with Crippen molar-refractivity contribution in [2.45, 2.75) is 39.3 Å². The molecule has 0 saturated carbocycles. The van der Waals surface area contributed by atoms with E-state index in [2.05, 4.69) is 14.6 Å². The molecule has 8 nitrogen and oxygen atoms in total. The van der Waals surface area contributed by atoms with Gasteiger partial charge in [0.25, 0.3) is 5.56 Å². The maximum Gasteiger partial charge on any atom is 0.283 e. The zero-order valence-electron chi connectivity index (χ0n) is 17.8. The first-order valence-electron chi connectivity index (χ1n) is 10.5. The molecule has 0 radical (unpaired) electrons. The molecular formula is C23H23N5O3S. The number of carbonyl (C=O) groups is 1. The second-order valence-corrected chi connectivity index (χ2v) is 9.06. The van der Waals surface area contributed by atoms with Crippen LogP contribution in [0.5, 0.6) is 0 Å². The van der Waals surface area contributed by atoms with Gasteiger partial charge in [-0.3, -0.25) is 20.1 Å². The summed E-state index contributed by atoms with van der Waals surface area (Å²) in [6.45, 7) is 5.67. The summed E-state index contributed by atoms with van der Waals surface area (Å²) in [6, 6.07) is 2.03. The Bertz CT molecular complexity index is 1470. The van der Waals surface area contributed by atoms with Gasteiger partial charge in [-0.05, 0) is 68.7 Å². The average Bonchev–Trinajstić information content (AvgIpc) is 3.49. The van der Waals surface area contributed by atoms with Crippen molar-refractivity contribution in [2.75, 3.05) is 6.61 Å². The second-order valence-electron chi connectivity index (χ2n) is 8.08. The molecule has 32 heavy (non-hydrogen) atoms. The second kappa shape index (κ2) is 7.99. The number of hydrogen-bond acceptors (Lipinski definition) is 6. The molecule has 2 N–H and O–H groups in total. The first-order valence-corrected chi connectivity index (χ1v) is 11.3. The monoisotopic (exact) mass is 449 g/mol. The molecule has 1 aliphatic carbocycles. The van der Waals surface area contributed by atoms with Gasteiger partial charge in [-0.25, -0.2) is 4.68 Å². The maximum absolute atomic E-state index is 12.8. The van der Waals surface area contributed by atoms with Crippen LogP contribution in [0.4, 0.5) is 0 Å². The van der Waals surface area contributed by atoms with Crippen LogP contribution >= 0.6 is 11.3 Å². The Morgan fingerprint density at radius 3 is 2.78 bits per heavy atom. The minimum Gasteiger partial charge on any atom is -0.376 e. The Morgan fingerprint density at radius 2 is 2.06 bits per heavy atom. The zero-order valence-corrected chi connectivity index (χ0v) is 18.7. The molecule has 164 valence electrons. The lowest BCUT2D eigenvalue weighted by Crippen LogP contribution is -2.47. The summed E-state index contributed by atoms with van der Waals surface area (Å²) in [5.74, 6) is -0.0716. The number of allylic oxidation sites excluding steroid dienone is 4. The average molecular weight is 450 g/mol. The standard InChI is InChI=1S/C23H23N5O3S/c1-13-10-16(14(2)27(13)12-18-4-3-9-31-18)11-19-20(24)28-23(25-21(19)30)32-22(26-28)15-5-7-17(29)8-6-15/h5-8,10-11,18,24,26H,3-4,9,12H2,1-2H3/b19-11-,24-20?/t18-/m0/s1. The Morgan fingerprint density at radius 1 is 1.28 bits per heavy atom. The van der Waals surface area contributed by atoms with Crippen LogP contribution in [0.2, 0.25) is 0 Å². The molecular weight excluding hydrogens is 426 g/mol. The third kappa shape index (κ3) is 3.63. The number of nitrogens with one attached hydrogen (secondary N) is 2. The highest BCUT2D eigenvalue weighted by Gasteiger charge is 2.19. The van der Waals surface area contributed by atoms with Gasteiger partial charge >= 0.3 is 0 Å². The maximum atomic E-state index is 12.8. The number of nitrogens with zero attached hydrogens (tertiary/aromatic N) is 3. The Kier molecular flexibility index (Phi) is 5.15. The summed E-state index contributed by atoms with van der Waals surface area (Å²) in [6.07, 6.45) is 10.5. The fraction of sp³-hybridized carbons (Fsp3) is 0.304. The van der Waals surface area contributed by atoms with E-state index in [0.717, 1.165) is 53.2 Å². The summed E-state index contributed by atoms with van der Waals surface area (Å²) >= 11 is 1.27. The Balaban J connectivity index is 1.62. The van der Waals surface area contributed by atoms with Gasteiger partial charge in [0.15, 0.2) is 11.3 Å². The number of aromatic nitrogens is 4. The molecule has 1 aromatic heterocycles. The van der Waals surface area contributed by atoms with Gasteiger partial charge < -0.3 is 9.30 Å². The van der Waals surface area contributed by atoms with Gasteiger partial charge in [0, 0.05) is 30.1 Å². The van der Waals surface area contributed by atoms with E-state index in [4.69, 9.17) is 10.1 Å². The Hall–Kier alpha value is -3.30. The first-order chi connectivity index (χ1) is 15.4. The Labute approximate surface area is 187 Å². The number of aromatic amines is 1. The molecule has 0 spiro atoms. The number of H-pyrrole nitrogens is 1. The summed E-state index contributed by atoms with van der Waals surface area (Å²) in [5, 5.41) is 12.4. The summed E-state index contributed by atoms with van der Waals surface area (Å²) in [4.78, 5) is 28.4. The molecule has 0 unspecified atom stereocenters. The highest BCUT2D eigenvalue weighted by Crippen LogP contribution is 2.20. The highest BCUT2D eigenvalue weighted by molar-refractivity contribution is 7.11. The van der Waals surface area contributed by atoms with Crippen LogP contribution in [0.1, 0.15) is 29.8 Å². The molecule has 3 aliphatic heterocycles. The van der Waals surface area contributed by atoms with Crippen LogP contribution in [-0.2, 0) is 16.1 Å². The van der Waals surface area contributed by atoms with Crippen LogP contribution in [0.15, 0.2) is 35.2 Å².